The minimum absolute atomic E-state index is 1.10. The minimum atomic E-state index is 1.10. The zero-order chi connectivity index (χ0) is 9.11. The van der Waals surface area contributed by atoms with E-state index >= 15 is 0 Å². The fraction of sp³-hybridized carbons (Fsp3) is 0.600. The zero-order valence-corrected chi connectivity index (χ0v) is 9.00. The van der Waals surface area contributed by atoms with Crippen molar-refractivity contribution >= 4 is 11.8 Å². The van der Waals surface area contributed by atoms with Crippen molar-refractivity contribution in [1.29, 1.82) is 0 Å². The zero-order valence-electron chi connectivity index (χ0n) is 8.18. The van der Waals surface area contributed by atoms with Crippen LogP contribution in [0.25, 0.3) is 0 Å². The first-order chi connectivity index (χ1) is 5.31. The summed E-state index contributed by atoms with van der Waals surface area (Å²) in [6, 6.07) is 0. The lowest BCUT2D eigenvalue weighted by atomic mass is 10.3. The van der Waals surface area contributed by atoms with Crippen LogP contribution in [0, 0.1) is 0 Å². The molecule has 0 aliphatic carbocycles. The van der Waals surface area contributed by atoms with E-state index in [9.17, 15) is 0 Å². The van der Waals surface area contributed by atoms with E-state index in [2.05, 4.69) is 25.8 Å². The topological polar surface area (TPSA) is 0 Å². The Bertz CT molecular complexity index is 103. The lowest BCUT2D eigenvalue weighted by Gasteiger charge is -1.91. The van der Waals surface area contributed by atoms with Gasteiger partial charge in [0.1, 0.15) is 0 Å². The molecule has 0 bridgehead atoms. The van der Waals surface area contributed by atoms with Gasteiger partial charge in [-0.15, -0.1) is 18.3 Å². The van der Waals surface area contributed by atoms with Crippen LogP contribution in [0.5, 0.6) is 0 Å². The van der Waals surface area contributed by atoms with Crippen molar-refractivity contribution in [2.45, 2.75) is 33.6 Å². The SMILES string of the molecule is C=CCC/C=C(\C)SC.CC. The first kappa shape index (κ1) is 13.4. The van der Waals surface area contributed by atoms with E-state index in [1.165, 1.54) is 4.91 Å². The molecule has 0 amide bonds. The quantitative estimate of drug-likeness (QED) is 0.451. The second kappa shape index (κ2) is 12.5. The summed E-state index contributed by atoms with van der Waals surface area (Å²) in [6.07, 6.45) is 8.52. The van der Waals surface area contributed by atoms with Gasteiger partial charge in [-0.25, -0.2) is 0 Å². The van der Waals surface area contributed by atoms with Crippen molar-refractivity contribution in [1.82, 2.24) is 0 Å². The average Bonchev–Trinajstić information content (AvgIpc) is 2.08. The molecule has 0 saturated carbocycles. The van der Waals surface area contributed by atoms with E-state index in [0.29, 0.717) is 0 Å². The highest BCUT2D eigenvalue weighted by atomic mass is 32.2. The van der Waals surface area contributed by atoms with E-state index < -0.39 is 0 Å². The van der Waals surface area contributed by atoms with Gasteiger partial charge in [0, 0.05) is 0 Å². The highest BCUT2D eigenvalue weighted by Crippen LogP contribution is 2.10. The molecular weight excluding hydrogens is 152 g/mol. The second-order valence-corrected chi connectivity index (χ2v) is 2.94. The van der Waals surface area contributed by atoms with Crippen LogP contribution >= 0.6 is 11.8 Å². The van der Waals surface area contributed by atoms with E-state index in [0.717, 1.165) is 12.8 Å². The van der Waals surface area contributed by atoms with Gasteiger partial charge in [0.25, 0.3) is 0 Å². The molecule has 0 atom stereocenters. The number of hydrogen-bond donors (Lipinski definition) is 0. The van der Waals surface area contributed by atoms with Gasteiger partial charge in [-0.2, -0.15) is 0 Å². The van der Waals surface area contributed by atoms with Crippen molar-refractivity contribution in [3.8, 4) is 0 Å². The second-order valence-electron chi connectivity index (χ2n) is 1.88. The lowest BCUT2D eigenvalue weighted by Crippen LogP contribution is -1.66. The Hall–Kier alpha value is -0.170. The molecule has 0 aromatic rings. The normalized spacial score (nSPS) is 10.0. The van der Waals surface area contributed by atoms with Gasteiger partial charge in [-0.3, -0.25) is 0 Å². The van der Waals surface area contributed by atoms with E-state index in [1.807, 2.05) is 19.9 Å². The predicted octanol–water partition coefficient (Wildman–Crippen LogP) is 4.25. The highest BCUT2D eigenvalue weighted by molar-refractivity contribution is 8.02. The summed E-state index contributed by atoms with van der Waals surface area (Å²) in [5, 5.41) is 0. The minimum Gasteiger partial charge on any atom is -0.135 e. The van der Waals surface area contributed by atoms with Crippen LogP contribution in [0.4, 0.5) is 0 Å². The van der Waals surface area contributed by atoms with Gasteiger partial charge in [0.05, 0.1) is 0 Å². The number of allylic oxidation sites excluding steroid dienone is 3. The van der Waals surface area contributed by atoms with Gasteiger partial charge >= 0.3 is 0 Å². The summed E-state index contributed by atoms with van der Waals surface area (Å²) < 4.78 is 0. The molecule has 0 heterocycles. The molecule has 0 fully saturated rings. The van der Waals surface area contributed by atoms with Crippen LogP contribution in [-0.2, 0) is 0 Å². The van der Waals surface area contributed by atoms with Crippen LogP contribution in [0.2, 0.25) is 0 Å². The summed E-state index contributed by atoms with van der Waals surface area (Å²) in [5.74, 6) is 0. The summed E-state index contributed by atoms with van der Waals surface area (Å²) in [5.41, 5.74) is 0. The number of unbranched alkanes of at least 4 members (excludes halogenated alkanes) is 1. The van der Waals surface area contributed by atoms with Crippen LogP contribution in [0.1, 0.15) is 33.6 Å². The fourth-order valence-electron chi connectivity index (χ4n) is 0.488. The van der Waals surface area contributed by atoms with Crippen molar-refractivity contribution in [2.75, 3.05) is 6.26 Å². The molecule has 0 nitrogen and oxygen atoms in total. The number of thioether (sulfide) groups is 1. The van der Waals surface area contributed by atoms with Gasteiger partial charge in [-0.05, 0) is 30.9 Å². The third kappa shape index (κ3) is 12.9. The third-order valence-corrected chi connectivity index (χ3v) is 1.94. The molecular formula is C10H20S. The van der Waals surface area contributed by atoms with E-state index in [4.69, 9.17) is 0 Å². The van der Waals surface area contributed by atoms with Crippen molar-refractivity contribution < 1.29 is 0 Å². The number of rotatable bonds is 4. The Labute approximate surface area is 75.8 Å². The molecule has 0 aliphatic heterocycles. The van der Waals surface area contributed by atoms with E-state index in [-0.39, 0.29) is 0 Å². The first-order valence-electron chi connectivity index (χ1n) is 4.13. The Morgan fingerprint density at radius 3 is 2.27 bits per heavy atom. The first-order valence-corrected chi connectivity index (χ1v) is 5.35. The van der Waals surface area contributed by atoms with Gasteiger partial charge in [0.2, 0.25) is 0 Å². The molecule has 0 aromatic carbocycles. The Morgan fingerprint density at radius 1 is 1.36 bits per heavy atom. The fourth-order valence-corrected chi connectivity index (χ4v) is 0.772. The average molecular weight is 172 g/mol. The van der Waals surface area contributed by atoms with Crippen molar-refractivity contribution in [3.05, 3.63) is 23.6 Å². The number of hydrogen-bond acceptors (Lipinski definition) is 1. The van der Waals surface area contributed by atoms with Crippen LogP contribution in [0.15, 0.2) is 23.6 Å². The van der Waals surface area contributed by atoms with Crippen LogP contribution < -0.4 is 0 Å². The smallest absolute Gasteiger partial charge is 0.0140 e. The molecule has 0 unspecified atom stereocenters. The molecule has 66 valence electrons. The largest absolute Gasteiger partial charge is 0.135 e. The highest BCUT2D eigenvalue weighted by Gasteiger charge is 1.81. The van der Waals surface area contributed by atoms with Crippen molar-refractivity contribution in [2.24, 2.45) is 0 Å². The monoisotopic (exact) mass is 172 g/mol. The molecule has 0 aliphatic rings. The van der Waals surface area contributed by atoms with Gasteiger partial charge in [-0.1, -0.05) is 26.0 Å². The molecule has 0 aromatic heterocycles. The maximum Gasteiger partial charge on any atom is -0.0140 e. The van der Waals surface area contributed by atoms with Crippen LogP contribution in [-0.4, -0.2) is 6.26 Å². The van der Waals surface area contributed by atoms with E-state index in [1.54, 1.807) is 11.8 Å². The lowest BCUT2D eigenvalue weighted by molar-refractivity contribution is 1.05. The molecule has 11 heavy (non-hydrogen) atoms. The summed E-state index contributed by atoms with van der Waals surface area (Å²) in [4.78, 5) is 1.40. The predicted molar refractivity (Wildman–Crippen MR) is 58.1 cm³/mol. The maximum absolute atomic E-state index is 3.65. The van der Waals surface area contributed by atoms with Gasteiger partial charge in [0.15, 0.2) is 0 Å². The molecule has 0 rings (SSSR count). The van der Waals surface area contributed by atoms with Gasteiger partial charge < -0.3 is 0 Å². The maximum atomic E-state index is 3.65. The summed E-state index contributed by atoms with van der Waals surface area (Å²) in [7, 11) is 0. The third-order valence-electron chi connectivity index (χ3n) is 1.12. The Kier molecular flexibility index (Phi) is 15.3. The summed E-state index contributed by atoms with van der Waals surface area (Å²) >= 11 is 1.80. The van der Waals surface area contributed by atoms with Crippen molar-refractivity contribution in [3.63, 3.8) is 0 Å². The molecule has 0 spiro atoms. The standard InChI is InChI=1S/C8H14S.C2H6/c1-4-5-6-7-8(2)9-3;1-2/h4,7H,1,5-6H2,2-3H3;1-2H3/b8-7+;. The Balaban J connectivity index is 0. The van der Waals surface area contributed by atoms with Crippen LogP contribution in [0.3, 0.4) is 0 Å². The Morgan fingerprint density at radius 2 is 1.91 bits per heavy atom. The molecule has 0 N–H and O–H groups in total. The molecule has 1 heteroatoms. The molecule has 0 saturated heterocycles. The molecule has 0 radical (unpaired) electrons. The summed E-state index contributed by atoms with van der Waals surface area (Å²) in [6.45, 7) is 9.78.